The highest BCUT2D eigenvalue weighted by Gasteiger charge is 2.28. The van der Waals surface area contributed by atoms with Crippen LogP contribution in [0.25, 0.3) is 0 Å². The van der Waals surface area contributed by atoms with Crippen molar-refractivity contribution < 1.29 is 9.59 Å². The number of pyridine rings is 2. The van der Waals surface area contributed by atoms with Gasteiger partial charge in [0.2, 0.25) is 11.5 Å². The molecule has 0 atom stereocenters. The van der Waals surface area contributed by atoms with E-state index in [1.54, 1.807) is 24.1 Å². The molecular weight excluding hydrogens is 356 g/mol. The Labute approximate surface area is 155 Å². The molecule has 3 rings (SSSR count). The molecule has 1 fully saturated rings. The summed E-state index contributed by atoms with van der Waals surface area (Å²) in [6.07, 6.45) is 4.18. The Bertz CT molecular complexity index is 871. The monoisotopic (exact) mass is 374 g/mol. The van der Waals surface area contributed by atoms with E-state index in [-0.39, 0.29) is 23.3 Å². The van der Waals surface area contributed by atoms with Crippen molar-refractivity contribution >= 4 is 29.2 Å². The summed E-state index contributed by atoms with van der Waals surface area (Å²) in [4.78, 5) is 42.1. The number of nitrogens with one attached hydrogen (secondary N) is 1. The van der Waals surface area contributed by atoms with Gasteiger partial charge in [-0.2, -0.15) is 0 Å². The quantitative estimate of drug-likeness (QED) is 0.889. The Morgan fingerprint density at radius 1 is 1.19 bits per heavy atom. The van der Waals surface area contributed by atoms with Crippen molar-refractivity contribution in [2.45, 2.75) is 12.8 Å². The van der Waals surface area contributed by atoms with Gasteiger partial charge in [0.25, 0.3) is 5.91 Å². The summed E-state index contributed by atoms with van der Waals surface area (Å²) in [5, 5.41) is 3.29. The second-order valence-corrected chi connectivity index (χ2v) is 6.72. The molecule has 7 nitrogen and oxygen atoms in total. The number of anilines is 1. The normalized spacial score (nSPS) is 14.9. The lowest BCUT2D eigenvalue weighted by molar-refractivity contribution is -0.121. The lowest BCUT2D eigenvalue weighted by atomic mass is 9.95. The van der Waals surface area contributed by atoms with Crippen LogP contribution in [0.4, 0.5) is 5.82 Å². The summed E-state index contributed by atoms with van der Waals surface area (Å²) in [7, 11) is 1.61. The second-order valence-electron chi connectivity index (χ2n) is 6.28. The highest BCUT2D eigenvalue weighted by Crippen LogP contribution is 2.21. The third kappa shape index (κ3) is 4.11. The van der Waals surface area contributed by atoms with Crippen molar-refractivity contribution in [3.05, 3.63) is 57.6 Å². The zero-order valence-corrected chi connectivity index (χ0v) is 15.1. The van der Waals surface area contributed by atoms with Gasteiger partial charge in [-0.3, -0.25) is 14.4 Å². The Hall–Kier alpha value is -2.67. The van der Waals surface area contributed by atoms with E-state index < -0.39 is 0 Å². The van der Waals surface area contributed by atoms with E-state index in [0.29, 0.717) is 42.3 Å². The third-order valence-electron chi connectivity index (χ3n) is 4.46. The molecule has 0 saturated carbocycles. The fraction of sp³-hybridized carbons (Fsp3) is 0.333. The number of rotatable bonds is 3. The number of aryl methyl sites for hydroxylation is 1. The molecule has 1 aliphatic rings. The number of amides is 2. The number of carbonyl (C=O) groups is 2. The zero-order chi connectivity index (χ0) is 18.7. The summed E-state index contributed by atoms with van der Waals surface area (Å²) >= 11 is 5.78. The summed E-state index contributed by atoms with van der Waals surface area (Å²) < 4.78 is 1.38. The molecule has 2 amide bonds. The SMILES string of the molecule is Cn1cc(C(=O)N2CCC(C(=O)Nc3ccc(Cl)cn3)CC2)ccc1=O. The van der Waals surface area contributed by atoms with Crippen LogP contribution in [0.5, 0.6) is 0 Å². The molecule has 0 unspecified atom stereocenters. The average molecular weight is 375 g/mol. The Kier molecular flexibility index (Phi) is 5.37. The van der Waals surface area contributed by atoms with Crippen LogP contribution < -0.4 is 10.9 Å². The summed E-state index contributed by atoms with van der Waals surface area (Å²) in [5.74, 6) is 0.0626. The van der Waals surface area contributed by atoms with Gasteiger partial charge in [-0.25, -0.2) is 4.98 Å². The van der Waals surface area contributed by atoms with E-state index in [1.165, 1.54) is 29.1 Å². The van der Waals surface area contributed by atoms with Crippen LogP contribution >= 0.6 is 11.6 Å². The van der Waals surface area contributed by atoms with E-state index in [1.807, 2.05) is 0 Å². The van der Waals surface area contributed by atoms with Gasteiger partial charge in [-0.1, -0.05) is 11.6 Å². The molecule has 2 aromatic rings. The molecule has 1 N–H and O–H groups in total. The molecule has 0 radical (unpaired) electrons. The molecule has 1 saturated heterocycles. The van der Waals surface area contributed by atoms with Crippen LogP contribution in [0.15, 0.2) is 41.5 Å². The number of nitrogens with zero attached hydrogens (tertiary/aromatic N) is 3. The minimum atomic E-state index is -0.170. The maximum Gasteiger partial charge on any atom is 0.255 e. The first kappa shape index (κ1) is 18.1. The molecular formula is C18H19ClN4O3. The lowest BCUT2D eigenvalue weighted by Gasteiger charge is -2.31. The number of halogens is 1. The zero-order valence-electron chi connectivity index (χ0n) is 14.3. The van der Waals surface area contributed by atoms with Crippen LogP contribution in [-0.2, 0) is 11.8 Å². The molecule has 0 aromatic carbocycles. The Morgan fingerprint density at radius 3 is 2.54 bits per heavy atom. The lowest BCUT2D eigenvalue weighted by Crippen LogP contribution is -2.41. The first-order valence-corrected chi connectivity index (χ1v) is 8.70. The molecule has 26 heavy (non-hydrogen) atoms. The van der Waals surface area contributed by atoms with E-state index in [0.717, 1.165) is 0 Å². The van der Waals surface area contributed by atoms with Crippen molar-refractivity contribution in [1.29, 1.82) is 0 Å². The molecule has 0 bridgehead atoms. The summed E-state index contributed by atoms with van der Waals surface area (Å²) in [5.41, 5.74) is 0.313. The van der Waals surface area contributed by atoms with Crippen molar-refractivity contribution in [3.63, 3.8) is 0 Å². The van der Waals surface area contributed by atoms with E-state index in [2.05, 4.69) is 10.3 Å². The van der Waals surface area contributed by atoms with Gasteiger partial charge < -0.3 is 14.8 Å². The summed E-state index contributed by atoms with van der Waals surface area (Å²) in [6.45, 7) is 0.988. The number of hydrogen-bond donors (Lipinski definition) is 1. The van der Waals surface area contributed by atoms with Gasteiger partial charge in [0.15, 0.2) is 0 Å². The molecule has 136 valence electrons. The van der Waals surface area contributed by atoms with Crippen LogP contribution in [0.3, 0.4) is 0 Å². The predicted molar refractivity (Wildman–Crippen MR) is 98.2 cm³/mol. The van der Waals surface area contributed by atoms with Crippen molar-refractivity contribution in [1.82, 2.24) is 14.5 Å². The number of hydrogen-bond acceptors (Lipinski definition) is 4. The first-order valence-electron chi connectivity index (χ1n) is 8.32. The topological polar surface area (TPSA) is 84.3 Å². The van der Waals surface area contributed by atoms with Crippen molar-refractivity contribution in [2.24, 2.45) is 13.0 Å². The van der Waals surface area contributed by atoms with Crippen molar-refractivity contribution in [2.75, 3.05) is 18.4 Å². The fourth-order valence-electron chi connectivity index (χ4n) is 2.93. The van der Waals surface area contributed by atoms with E-state index >= 15 is 0 Å². The molecule has 2 aromatic heterocycles. The summed E-state index contributed by atoms with van der Waals surface area (Å²) in [6, 6.07) is 6.24. The molecule has 0 aliphatic carbocycles. The molecule has 3 heterocycles. The minimum Gasteiger partial charge on any atom is -0.339 e. The standard InChI is InChI=1S/C18H19ClN4O3/c1-22-11-13(2-5-16(22)24)18(26)23-8-6-12(7-9-23)17(25)21-15-4-3-14(19)10-20-15/h2-5,10-12H,6-9H2,1H3,(H,20,21,25). The largest absolute Gasteiger partial charge is 0.339 e. The van der Waals surface area contributed by atoms with Gasteiger partial charge in [0, 0.05) is 44.5 Å². The number of piperidine rings is 1. The highest BCUT2D eigenvalue weighted by atomic mass is 35.5. The Morgan fingerprint density at radius 2 is 1.92 bits per heavy atom. The molecule has 8 heteroatoms. The number of likely N-dealkylation sites (tertiary alicyclic amines) is 1. The average Bonchev–Trinajstić information content (AvgIpc) is 2.65. The van der Waals surface area contributed by atoms with E-state index in [9.17, 15) is 14.4 Å². The van der Waals surface area contributed by atoms with Crippen LogP contribution in [0.1, 0.15) is 23.2 Å². The molecule has 0 spiro atoms. The number of aromatic nitrogens is 2. The minimum absolute atomic E-state index is 0.103. The third-order valence-corrected chi connectivity index (χ3v) is 4.69. The maximum absolute atomic E-state index is 12.6. The highest BCUT2D eigenvalue weighted by molar-refractivity contribution is 6.30. The smallest absolute Gasteiger partial charge is 0.255 e. The van der Waals surface area contributed by atoms with Crippen LogP contribution in [-0.4, -0.2) is 39.4 Å². The fourth-order valence-corrected chi connectivity index (χ4v) is 3.04. The first-order chi connectivity index (χ1) is 12.4. The van der Waals surface area contributed by atoms with Crippen LogP contribution in [0, 0.1) is 5.92 Å². The van der Waals surface area contributed by atoms with Gasteiger partial charge in [0.1, 0.15) is 5.82 Å². The van der Waals surface area contributed by atoms with Gasteiger partial charge in [-0.05, 0) is 31.0 Å². The maximum atomic E-state index is 12.6. The van der Waals surface area contributed by atoms with Gasteiger partial charge >= 0.3 is 0 Å². The second kappa shape index (κ2) is 7.70. The van der Waals surface area contributed by atoms with Gasteiger partial charge in [0.05, 0.1) is 10.6 Å². The van der Waals surface area contributed by atoms with E-state index in [4.69, 9.17) is 11.6 Å². The van der Waals surface area contributed by atoms with Crippen molar-refractivity contribution in [3.8, 4) is 0 Å². The number of carbonyl (C=O) groups excluding carboxylic acids is 2. The molecule has 1 aliphatic heterocycles. The van der Waals surface area contributed by atoms with Gasteiger partial charge in [-0.15, -0.1) is 0 Å². The van der Waals surface area contributed by atoms with Crippen LogP contribution in [0.2, 0.25) is 5.02 Å². The Balaban J connectivity index is 1.57. The predicted octanol–water partition coefficient (Wildman–Crippen LogP) is 1.92.